The molecule has 0 aliphatic rings. The average Bonchev–Trinajstić information content (AvgIpc) is 3.34. The number of benzene rings is 3. The van der Waals surface area contributed by atoms with Gasteiger partial charge in [-0.3, -0.25) is 9.59 Å². The molecule has 1 aromatic heterocycles. The van der Waals surface area contributed by atoms with Crippen LogP contribution in [-0.2, 0) is 6.54 Å². The van der Waals surface area contributed by atoms with Crippen LogP contribution in [0.4, 0.5) is 5.69 Å². The molecule has 156 valence electrons. The van der Waals surface area contributed by atoms with Gasteiger partial charge in [-0.2, -0.15) is 0 Å². The van der Waals surface area contributed by atoms with Crippen LogP contribution in [-0.4, -0.2) is 30.9 Å². The van der Waals surface area contributed by atoms with E-state index in [0.717, 1.165) is 22.1 Å². The summed E-state index contributed by atoms with van der Waals surface area (Å²) < 4.78 is 10.3. The van der Waals surface area contributed by atoms with Crippen molar-refractivity contribution in [2.24, 2.45) is 0 Å². The third kappa shape index (κ3) is 4.59. The van der Waals surface area contributed by atoms with E-state index in [1.807, 2.05) is 30.3 Å². The maximum Gasteiger partial charge on any atom is 0.291 e. The Kier molecular flexibility index (Phi) is 5.71. The van der Waals surface area contributed by atoms with Crippen LogP contribution in [0.3, 0.4) is 0 Å². The van der Waals surface area contributed by atoms with Crippen molar-refractivity contribution in [1.29, 1.82) is 0 Å². The van der Waals surface area contributed by atoms with E-state index in [-0.39, 0.29) is 17.6 Å². The van der Waals surface area contributed by atoms with Gasteiger partial charge in [0.2, 0.25) is 0 Å². The number of hydrogen-bond acceptors (Lipinski definition) is 4. The smallest absolute Gasteiger partial charge is 0.291 e. The molecule has 1 N–H and O–H groups in total. The number of amides is 2. The Labute approximate surface area is 180 Å². The van der Waals surface area contributed by atoms with Crippen LogP contribution in [0.15, 0.2) is 83.5 Å². The predicted molar refractivity (Wildman–Crippen MR) is 119 cm³/mol. The number of ether oxygens (including phenoxy) is 1. The minimum absolute atomic E-state index is 0.0984. The molecule has 31 heavy (non-hydrogen) atoms. The largest absolute Gasteiger partial charge is 0.497 e. The highest BCUT2D eigenvalue weighted by molar-refractivity contribution is 6.02. The summed E-state index contributed by atoms with van der Waals surface area (Å²) in [5.41, 5.74) is 2.17. The molecule has 0 unspecified atom stereocenters. The van der Waals surface area contributed by atoms with Crippen molar-refractivity contribution in [3.05, 3.63) is 95.9 Å². The summed E-state index contributed by atoms with van der Waals surface area (Å²) in [7, 11) is 3.42. The van der Waals surface area contributed by atoms with Crippen molar-refractivity contribution in [3.63, 3.8) is 0 Å². The van der Waals surface area contributed by atoms with Gasteiger partial charge in [-0.15, -0.1) is 0 Å². The summed E-state index contributed by atoms with van der Waals surface area (Å²) in [4.78, 5) is 26.5. The lowest BCUT2D eigenvalue weighted by Gasteiger charge is -2.18. The SMILES string of the molecule is COc1ccc2cc(CN(C)C(=O)c3ccc(NC(=O)c4ccco4)cc3)ccc2c1. The Morgan fingerprint density at radius 2 is 1.71 bits per heavy atom. The molecule has 4 aromatic rings. The van der Waals surface area contributed by atoms with E-state index in [2.05, 4.69) is 11.4 Å². The monoisotopic (exact) mass is 414 g/mol. The van der Waals surface area contributed by atoms with Gasteiger partial charge in [0, 0.05) is 24.8 Å². The zero-order valence-electron chi connectivity index (χ0n) is 17.3. The zero-order chi connectivity index (χ0) is 21.8. The lowest BCUT2D eigenvalue weighted by Crippen LogP contribution is -2.26. The summed E-state index contributed by atoms with van der Waals surface area (Å²) in [5.74, 6) is 0.610. The highest BCUT2D eigenvalue weighted by Crippen LogP contribution is 2.23. The maximum absolute atomic E-state index is 12.8. The van der Waals surface area contributed by atoms with Crippen LogP contribution in [0.1, 0.15) is 26.5 Å². The van der Waals surface area contributed by atoms with Crippen LogP contribution in [0, 0.1) is 0 Å². The molecule has 0 saturated heterocycles. The second-order valence-corrected chi connectivity index (χ2v) is 7.22. The maximum atomic E-state index is 12.8. The fourth-order valence-electron chi connectivity index (χ4n) is 3.36. The van der Waals surface area contributed by atoms with Gasteiger partial charge < -0.3 is 19.4 Å². The molecule has 0 aliphatic heterocycles. The normalized spacial score (nSPS) is 10.6. The molecule has 1 heterocycles. The second kappa shape index (κ2) is 8.75. The molecular weight excluding hydrogens is 392 g/mol. The summed E-state index contributed by atoms with van der Waals surface area (Å²) >= 11 is 0. The molecule has 6 heteroatoms. The van der Waals surface area contributed by atoms with Gasteiger partial charge in [-0.05, 0) is 70.9 Å². The quantitative estimate of drug-likeness (QED) is 0.484. The number of anilines is 1. The Balaban J connectivity index is 1.41. The molecule has 3 aromatic carbocycles. The summed E-state index contributed by atoms with van der Waals surface area (Å²) in [6.07, 6.45) is 1.44. The molecule has 0 aliphatic carbocycles. The molecule has 2 amide bonds. The Hall–Kier alpha value is -4.06. The number of carbonyl (C=O) groups is 2. The number of rotatable bonds is 6. The van der Waals surface area contributed by atoms with Gasteiger partial charge in [-0.1, -0.05) is 18.2 Å². The molecule has 4 rings (SSSR count). The van der Waals surface area contributed by atoms with Gasteiger partial charge in [-0.25, -0.2) is 0 Å². The molecule has 0 atom stereocenters. The molecule has 0 fully saturated rings. The summed E-state index contributed by atoms with van der Waals surface area (Å²) in [6, 6.07) is 22.1. The first-order valence-electron chi connectivity index (χ1n) is 9.80. The van der Waals surface area contributed by atoms with Crippen LogP contribution >= 0.6 is 0 Å². The van der Waals surface area contributed by atoms with E-state index >= 15 is 0 Å². The average molecular weight is 414 g/mol. The third-order valence-corrected chi connectivity index (χ3v) is 5.01. The minimum Gasteiger partial charge on any atom is -0.497 e. The molecule has 0 spiro atoms. The summed E-state index contributed by atoms with van der Waals surface area (Å²) in [6.45, 7) is 0.484. The van der Waals surface area contributed by atoms with Crippen molar-refractivity contribution >= 4 is 28.3 Å². The number of furan rings is 1. The van der Waals surface area contributed by atoms with E-state index < -0.39 is 0 Å². The fourth-order valence-corrected chi connectivity index (χ4v) is 3.36. The minimum atomic E-state index is -0.338. The predicted octanol–water partition coefficient (Wildman–Crippen LogP) is 4.97. The van der Waals surface area contributed by atoms with Crippen molar-refractivity contribution in [3.8, 4) is 5.75 Å². The number of nitrogens with one attached hydrogen (secondary N) is 1. The molecule has 0 saturated carbocycles. The fraction of sp³-hybridized carbons (Fsp3) is 0.120. The standard InChI is InChI=1S/C25H22N2O4/c1-27(16-17-5-6-20-15-22(30-2)12-9-19(20)14-17)25(29)18-7-10-21(11-8-18)26-24(28)23-4-3-13-31-23/h3-15H,16H2,1-2H3,(H,26,28). The van der Waals surface area contributed by atoms with Crippen molar-refractivity contribution in [2.75, 3.05) is 19.5 Å². The number of methoxy groups -OCH3 is 1. The highest BCUT2D eigenvalue weighted by atomic mass is 16.5. The van der Waals surface area contributed by atoms with Crippen molar-refractivity contribution < 1.29 is 18.7 Å². The first kappa shape index (κ1) is 20.2. The Morgan fingerprint density at radius 3 is 2.42 bits per heavy atom. The van der Waals surface area contributed by atoms with E-state index in [9.17, 15) is 9.59 Å². The zero-order valence-corrected chi connectivity index (χ0v) is 17.3. The number of fused-ring (bicyclic) bond motifs is 1. The topological polar surface area (TPSA) is 71.8 Å². The Morgan fingerprint density at radius 1 is 0.968 bits per heavy atom. The third-order valence-electron chi connectivity index (χ3n) is 5.01. The van der Waals surface area contributed by atoms with Crippen LogP contribution < -0.4 is 10.1 Å². The van der Waals surface area contributed by atoms with Gasteiger partial charge in [0.15, 0.2) is 5.76 Å². The lowest BCUT2D eigenvalue weighted by atomic mass is 10.1. The Bertz CT molecular complexity index is 1210. The first-order valence-corrected chi connectivity index (χ1v) is 9.80. The lowest BCUT2D eigenvalue weighted by molar-refractivity contribution is 0.0785. The van der Waals surface area contributed by atoms with E-state index in [4.69, 9.17) is 9.15 Å². The first-order chi connectivity index (χ1) is 15.0. The van der Waals surface area contributed by atoms with Crippen molar-refractivity contribution in [2.45, 2.75) is 6.54 Å². The van der Waals surface area contributed by atoms with Gasteiger partial charge >= 0.3 is 0 Å². The van der Waals surface area contributed by atoms with E-state index in [1.165, 1.54) is 6.26 Å². The molecular formula is C25H22N2O4. The van der Waals surface area contributed by atoms with Crippen molar-refractivity contribution in [1.82, 2.24) is 4.90 Å². The summed E-state index contributed by atoms with van der Waals surface area (Å²) in [5, 5.41) is 4.92. The molecule has 0 radical (unpaired) electrons. The van der Waals surface area contributed by atoms with Gasteiger partial charge in [0.1, 0.15) is 5.75 Å². The molecule has 6 nitrogen and oxygen atoms in total. The van der Waals surface area contributed by atoms with Crippen LogP contribution in [0.2, 0.25) is 0 Å². The second-order valence-electron chi connectivity index (χ2n) is 7.22. The van der Waals surface area contributed by atoms with Gasteiger partial charge in [0.25, 0.3) is 11.8 Å². The highest BCUT2D eigenvalue weighted by Gasteiger charge is 2.14. The van der Waals surface area contributed by atoms with E-state index in [0.29, 0.717) is 17.8 Å². The van der Waals surface area contributed by atoms with Gasteiger partial charge in [0.05, 0.1) is 13.4 Å². The number of carbonyl (C=O) groups excluding carboxylic acids is 2. The van der Waals surface area contributed by atoms with Crippen LogP contribution in [0.25, 0.3) is 10.8 Å². The van der Waals surface area contributed by atoms with Crippen LogP contribution in [0.5, 0.6) is 5.75 Å². The van der Waals surface area contributed by atoms with E-state index in [1.54, 1.807) is 55.5 Å². The number of hydrogen-bond donors (Lipinski definition) is 1. The number of nitrogens with zero attached hydrogens (tertiary/aromatic N) is 1. The molecule has 0 bridgehead atoms.